The van der Waals surface area contributed by atoms with Crippen LogP contribution in [0, 0.1) is 0 Å². The molecule has 0 amide bonds. The minimum Gasteiger partial charge on any atom is -0.463 e. The van der Waals surface area contributed by atoms with Crippen molar-refractivity contribution in [3.05, 3.63) is 0 Å². The molecule has 10 nitrogen and oxygen atoms in total. The maximum atomic E-state index is 13.1. The second-order valence-electron chi connectivity index (χ2n) is 14.3. The van der Waals surface area contributed by atoms with Gasteiger partial charge < -0.3 is 28.6 Å². The molecular formula is C40H73NO9. The minimum absolute atomic E-state index is 0.177. The zero-order valence-electron chi connectivity index (χ0n) is 32.5. The predicted molar refractivity (Wildman–Crippen MR) is 196 cm³/mol. The Kier molecular flexibility index (Phi) is 27.9. The van der Waals surface area contributed by atoms with E-state index in [9.17, 15) is 19.2 Å². The summed E-state index contributed by atoms with van der Waals surface area (Å²) in [6.07, 6.45) is 18.5. The Hall–Kier alpha value is -2.20. The highest BCUT2D eigenvalue weighted by Crippen LogP contribution is 2.30. The first-order valence-electron chi connectivity index (χ1n) is 20.3. The summed E-state index contributed by atoms with van der Waals surface area (Å²) < 4.78 is 29.2. The molecule has 0 N–H and O–H groups in total. The number of hydrogen-bond acceptors (Lipinski definition) is 10. The number of rotatable bonds is 32. The van der Waals surface area contributed by atoms with Crippen LogP contribution in [0.3, 0.4) is 0 Å². The number of unbranched alkanes of at least 4 members (excludes halogenated alkanes) is 18. The molecule has 1 rings (SSSR count). The van der Waals surface area contributed by atoms with Gasteiger partial charge in [-0.25, -0.2) is 0 Å². The highest BCUT2D eigenvalue weighted by Gasteiger charge is 2.52. The number of hydrogen-bond donors (Lipinski definition) is 0. The fourth-order valence-corrected chi connectivity index (χ4v) is 6.04. The summed E-state index contributed by atoms with van der Waals surface area (Å²) in [4.78, 5) is 53.5. The lowest BCUT2D eigenvalue weighted by atomic mass is 10.1. The summed E-state index contributed by atoms with van der Waals surface area (Å²) in [6, 6.07) is 0. The molecule has 10 heteroatoms. The topological polar surface area (TPSA) is 118 Å². The van der Waals surface area contributed by atoms with Gasteiger partial charge in [-0.15, -0.1) is 0 Å². The van der Waals surface area contributed by atoms with Crippen LogP contribution in [-0.4, -0.2) is 80.6 Å². The highest BCUT2D eigenvalue weighted by atomic mass is 16.8. The molecule has 1 aliphatic heterocycles. The predicted octanol–water partition coefficient (Wildman–Crippen LogP) is 9.00. The number of carbonyl (C=O) groups excluding carboxylic acids is 4. The molecule has 0 aromatic heterocycles. The van der Waals surface area contributed by atoms with E-state index in [1.54, 1.807) is 0 Å². The molecule has 0 bridgehead atoms. The number of nitrogens with zero attached hydrogens (tertiary/aromatic N) is 1. The standard InChI is InChI=1S/C40H73NO9/c1-6-9-12-15-18-21-24-27-35(43)48-38-33(32-46-34(42)30-31-41(4)5)47-40(50-37(45)29-26-23-20-17-14-11-8-3)39(38)49-36(44)28-25-22-19-16-13-10-7-2/h33,38-40H,6-32H2,1-5H3/t33-,38?,39+,40+/m1/s1. The molecule has 0 spiro atoms. The second kappa shape index (κ2) is 30.4. The molecule has 0 aromatic carbocycles. The van der Waals surface area contributed by atoms with E-state index in [4.69, 9.17) is 23.7 Å². The van der Waals surface area contributed by atoms with Crippen molar-refractivity contribution in [3.8, 4) is 0 Å². The Bertz CT molecular complexity index is 896. The lowest BCUT2D eigenvalue weighted by Crippen LogP contribution is -2.42. The van der Waals surface area contributed by atoms with Gasteiger partial charge in [0.1, 0.15) is 12.7 Å². The smallest absolute Gasteiger partial charge is 0.308 e. The molecule has 0 aromatic rings. The van der Waals surface area contributed by atoms with Crippen LogP contribution < -0.4 is 0 Å². The lowest BCUT2D eigenvalue weighted by Gasteiger charge is -2.24. The molecule has 1 saturated heterocycles. The van der Waals surface area contributed by atoms with Crippen LogP contribution in [0.5, 0.6) is 0 Å². The van der Waals surface area contributed by atoms with Gasteiger partial charge in [0, 0.05) is 25.8 Å². The summed E-state index contributed by atoms with van der Waals surface area (Å²) >= 11 is 0. The van der Waals surface area contributed by atoms with Gasteiger partial charge >= 0.3 is 23.9 Å². The van der Waals surface area contributed by atoms with E-state index in [0.717, 1.165) is 57.8 Å². The van der Waals surface area contributed by atoms with Crippen molar-refractivity contribution in [2.24, 2.45) is 0 Å². The van der Waals surface area contributed by atoms with Crippen LogP contribution >= 0.6 is 0 Å². The van der Waals surface area contributed by atoms with Gasteiger partial charge in [0.15, 0.2) is 6.10 Å². The normalized spacial score (nSPS) is 18.7. The van der Waals surface area contributed by atoms with Crippen LogP contribution in [0.4, 0.5) is 0 Å². The van der Waals surface area contributed by atoms with E-state index >= 15 is 0 Å². The first-order chi connectivity index (χ1) is 24.2. The summed E-state index contributed by atoms with van der Waals surface area (Å²) in [5.41, 5.74) is 0. The Labute approximate surface area is 304 Å². The van der Waals surface area contributed by atoms with Crippen molar-refractivity contribution in [3.63, 3.8) is 0 Å². The van der Waals surface area contributed by atoms with E-state index in [1.165, 1.54) is 57.8 Å². The fraction of sp³-hybridized carbons (Fsp3) is 0.900. The third-order valence-corrected chi connectivity index (χ3v) is 9.18. The van der Waals surface area contributed by atoms with E-state index in [2.05, 4.69) is 20.8 Å². The van der Waals surface area contributed by atoms with E-state index in [-0.39, 0.29) is 32.3 Å². The van der Waals surface area contributed by atoms with Crippen LogP contribution in [0.1, 0.15) is 181 Å². The molecule has 1 fully saturated rings. The second-order valence-corrected chi connectivity index (χ2v) is 14.3. The van der Waals surface area contributed by atoms with Crippen molar-refractivity contribution in [2.75, 3.05) is 27.2 Å². The van der Waals surface area contributed by atoms with Gasteiger partial charge in [-0.2, -0.15) is 0 Å². The van der Waals surface area contributed by atoms with Gasteiger partial charge in [-0.1, -0.05) is 136 Å². The van der Waals surface area contributed by atoms with Gasteiger partial charge in [-0.05, 0) is 33.4 Å². The SMILES string of the molecule is CCCCCCCCCC(=O)OC1[C@@H](COC(=O)CCN(C)C)O[C@@H](OC(=O)CCCCCCCCC)[C@H]1OC(=O)CCCCCCCCC. The maximum Gasteiger partial charge on any atom is 0.308 e. The molecule has 4 atom stereocenters. The molecule has 0 radical (unpaired) electrons. The summed E-state index contributed by atoms with van der Waals surface area (Å²) in [5.74, 6) is -1.80. The fourth-order valence-electron chi connectivity index (χ4n) is 6.04. The molecular weight excluding hydrogens is 638 g/mol. The molecule has 0 saturated carbocycles. The highest BCUT2D eigenvalue weighted by molar-refractivity contribution is 5.72. The Morgan fingerprint density at radius 2 is 0.860 bits per heavy atom. The zero-order valence-corrected chi connectivity index (χ0v) is 32.5. The monoisotopic (exact) mass is 712 g/mol. The summed E-state index contributed by atoms with van der Waals surface area (Å²) in [5, 5.41) is 0. The first-order valence-corrected chi connectivity index (χ1v) is 20.3. The molecule has 50 heavy (non-hydrogen) atoms. The van der Waals surface area contributed by atoms with Gasteiger partial charge in [0.25, 0.3) is 0 Å². The van der Waals surface area contributed by atoms with Crippen LogP contribution in [0.2, 0.25) is 0 Å². The minimum atomic E-state index is -1.27. The van der Waals surface area contributed by atoms with Crippen molar-refractivity contribution < 1.29 is 42.9 Å². The van der Waals surface area contributed by atoms with Crippen molar-refractivity contribution in [1.82, 2.24) is 4.90 Å². The molecule has 1 aliphatic rings. The van der Waals surface area contributed by atoms with Crippen LogP contribution in [0.15, 0.2) is 0 Å². The lowest BCUT2D eigenvalue weighted by molar-refractivity contribution is -0.200. The van der Waals surface area contributed by atoms with Gasteiger partial charge in [0.05, 0.1) is 6.42 Å². The molecule has 1 unspecified atom stereocenters. The molecule has 1 heterocycles. The Morgan fingerprint density at radius 3 is 1.28 bits per heavy atom. The van der Waals surface area contributed by atoms with E-state index < -0.39 is 48.5 Å². The Morgan fingerprint density at radius 1 is 0.480 bits per heavy atom. The number of carbonyl (C=O) groups is 4. The van der Waals surface area contributed by atoms with E-state index in [0.29, 0.717) is 25.8 Å². The van der Waals surface area contributed by atoms with Crippen molar-refractivity contribution in [2.45, 2.75) is 206 Å². The van der Waals surface area contributed by atoms with Gasteiger partial charge in [0.2, 0.25) is 12.4 Å². The van der Waals surface area contributed by atoms with Crippen molar-refractivity contribution in [1.29, 1.82) is 0 Å². The summed E-state index contributed by atoms with van der Waals surface area (Å²) in [7, 11) is 3.73. The summed E-state index contributed by atoms with van der Waals surface area (Å²) in [6.45, 7) is 6.84. The average molecular weight is 712 g/mol. The van der Waals surface area contributed by atoms with Crippen molar-refractivity contribution >= 4 is 23.9 Å². The number of esters is 4. The third kappa shape index (κ3) is 23.3. The maximum absolute atomic E-state index is 13.1. The molecule has 292 valence electrons. The molecule has 0 aliphatic carbocycles. The Balaban J connectivity index is 2.96. The van der Waals surface area contributed by atoms with Crippen LogP contribution in [0.25, 0.3) is 0 Å². The average Bonchev–Trinajstić information content (AvgIpc) is 3.39. The largest absolute Gasteiger partial charge is 0.463 e. The van der Waals surface area contributed by atoms with E-state index in [1.807, 2.05) is 19.0 Å². The van der Waals surface area contributed by atoms with Gasteiger partial charge in [-0.3, -0.25) is 19.2 Å². The first kappa shape index (κ1) is 45.8. The third-order valence-electron chi connectivity index (χ3n) is 9.18. The quantitative estimate of drug-likeness (QED) is 0.0380. The zero-order chi connectivity index (χ0) is 36.8. The number of ether oxygens (including phenoxy) is 5. The van der Waals surface area contributed by atoms with Crippen LogP contribution in [-0.2, 0) is 42.9 Å².